The van der Waals surface area contributed by atoms with Crippen molar-refractivity contribution in [1.29, 1.82) is 0 Å². The maximum absolute atomic E-state index is 12.8. The molecule has 1 aliphatic rings. The van der Waals surface area contributed by atoms with Crippen LogP contribution in [0.1, 0.15) is 24.7 Å². The zero-order valence-electron chi connectivity index (χ0n) is 12.6. The highest BCUT2D eigenvalue weighted by Gasteiger charge is 2.27. The summed E-state index contributed by atoms with van der Waals surface area (Å²) in [5.41, 5.74) is 0.819. The van der Waals surface area contributed by atoms with Crippen LogP contribution in [0.15, 0.2) is 29.1 Å². The number of hydrogen-bond donors (Lipinski definition) is 0. The monoisotopic (exact) mass is 287 g/mol. The number of ether oxygens (including phenoxy) is 1. The fraction of sp³-hybridized carbons (Fsp3) is 0.500. The van der Waals surface area contributed by atoms with Gasteiger partial charge >= 0.3 is 0 Å². The maximum Gasteiger partial charge on any atom is 0.261 e. The smallest absolute Gasteiger partial charge is 0.261 e. The van der Waals surface area contributed by atoms with E-state index in [4.69, 9.17) is 9.72 Å². The van der Waals surface area contributed by atoms with Gasteiger partial charge in [-0.15, -0.1) is 0 Å². The Kier molecular flexibility index (Phi) is 4.03. The number of fused-ring (bicyclic) bond motifs is 1. The Labute approximate surface area is 124 Å². The van der Waals surface area contributed by atoms with Crippen LogP contribution in [0.25, 0.3) is 10.9 Å². The normalized spacial score (nSPS) is 19.4. The second-order valence-corrected chi connectivity index (χ2v) is 5.58. The fourth-order valence-electron chi connectivity index (χ4n) is 3.07. The van der Waals surface area contributed by atoms with Gasteiger partial charge in [-0.3, -0.25) is 14.3 Å². The molecular weight excluding hydrogens is 266 g/mol. The largest absolute Gasteiger partial charge is 0.383 e. The molecule has 1 saturated heterocycles. The van der Waals surface area contributed by atoms with Crippen molar-refractivity contribution in [3.8, 4) is 0 Å². The van der Waals surface area contributed by atoms with E-state index >= 15 is 0 Å². The first-order valence-corrected chi connectivity index (χ1v) is 7.41. The molecule has 5 heteroatoms. The van der Waals surface area contributed by atoms with Crippen LogP contribution in [0, 0.1) is 0 Å². The van der Waals surface area contributed by atoms with E-state index in [0.717, 1.165) is 30.7 Å². The fourth-order valence-corrected chi connectivity index (χ4v) is 3.07. The van der Waals surface area contributed by atoms with Gasteiger partial charge in [0.25, 0.3) is 5.56 Å². The lowest BCUT2D eigenvalue weighted by molar-refractivity contribution is 0.182. The Bertz CT molecular complexity index is 695. The lowest BCUT2D eigenvalue weighted by atomic mass is 10.1. The molecule has 0 spiro atoms. The average molecular weight is 287 g/mol. The van der Waals surface area contributed by atoms with Crippen LogP contribution < -0.4 is 5.56 Å². The van der Waals surface area contributed by atoms with Crippen LogP contribution in [-0.4, -0.2) is 41.8 Å². The first-order chi connectivity index (χ1) is 10.2. The van der Waals surface area contributed by atoms with Crippen LogP contribution >= 0.6 is 0 Å². The van der Waals surface area contributed by atoms with Crippen molar-refractivity contribution in [2.24, 2.45) is 0 Å². The van der Waals surface area contributed by atoms with E-state index in [1.807, 2.05) is 24.3 Å². The Morgan fingerprint density at radius 1 is 1.38 bits per heavy atom. The number of methoxy groups -OCH3 is 1. The molecule has 1 atom stereocenters. The second-order valence-electron chi connectivity index (χ2n) is 5.58. The van der Waals surface area contributed by atoms with Crippen LogP contribution in [0.5, 0.6) is 0 Å². The Balaban J connectivity index is 2.17. The van der Waals surface area contributed by atoms with Crippen molar-refractivity contribution in [1.82, 2.24) is 14.5 Å². The summed E-state index contributed by atoms with van der Waals surface area (Å²) in [7, 11) is 3.75. The SMILES string of the molecule is COCCn1c(C2CCCN2C)nc2ccccc2c1=O. The molecule has 2 heterocycles. The summed E-state index contributed by atoms with van der Waals surface area (Å²) in [6.07, 6.45) is 2.20. The third-order valence-corrected chi connectivity index (χ3v) is 4.23. The second kappa shape index (κ2) is 5.95. The van der Waals surface area contributed by atoms with Crippen molar-refractivity contribution in [2.45, 2.75) is 25.4 Å². The molecule has 112 valence electrons. The third kappa shape index (κ3) is 2.59. The molecule has 0 radical (unpaired) electrons. The van der Waals surface area contributed by atoms with E-state index in [1.165, 1.54) is 0 Å². The summed E-state index contributed by atoms with van der Waals surface area (Å²) in [6.45, 7) is 2.12. The molecule has 0 aliphatic carbocycles. The number of hydrogen-bond acceptors (Lipinski definition) is 4. The summed E-state index contributed by atoms with van der Waals surface area (Å²) >= 11 is 0. The van der Waals surface area contributed by atoms with Gasteiger partial charge in [0.1, 0.15) is 5.82 Å². The quantitative estimate of drug-likeness (QED) is 0.860. The van der Waals surface area contributed by atoms with Gasteiger partial charge in [0.05, 0.1) is 30.1 Å². The van der Waals surface area contributed by atoms with Crippen molar-refractivity contribution in [2.75, 3.05) is 27.3 Å². The van der Waals surface area contributed by atoms with Gasteiger partial charge in [-0.2, -0.15) is 0 Å². The van der Waals surface area contributed by atoms with Crippen molar-refractivity contribution >= 4 is 10.9 Å². The average Bonchev–Trinajstić information content (AvgIpc) is 2.92. The van der Waals surface area contributed by atoms with E-state index in [0.29, 0.717) is 18.5 Å². The van der Waals surface area contributed by atoms with Crippen LogP contribution in [0.2, 0.25) is 0 Å². The molecule has 5 nitrogen and oxygen atoms in total. The molecule has 0 amide bonds. The summed E-state index contributed by atoms with van der Waals surface area (Å²) in [5, 5.41) is 0.679. The molecule has 3 rings (SSSR count). The van der Waals surface area contributed by atoms with Crippen LogP contribution in [-0.2, 0) is 11.3 Å². The molecule has 1 unspecified atom stereocenters. The first kappa shape index (κ1) is 14.2. The third-order valence-electron chi connectivity index (χ3n) is 4.23. The van der Waals surface area contributed by atoms with Gasteiger partial charge in [-0.05, 0) is 38.6 Å². The standard InChI is InChI=1S/C16H21N3O2/c1-18-9-5-8-14(18)15-17-13-7-4-3-6-12(13)16(20)19(15)10-11-21-2/h3-4,6-7,14H,5,8-11H2,1-2H3. The van der Waals surface area contributed by atoms with Crippen molar-refractivity contribution in [3.63, 3.8) is 0 Å². The summed E-state index contributed by atoms with van der Waals surface area (Å²) in [6, 6.07) is 7.79. The number of benzene rings is 1. The van der Waals surface area contributed by atoms with Gasteiger partial charge in [0.2, 0.25) is 0 Å². The number of likely N-dealkylation sites (tertiary alicyclic amines) is 1. The molecule has 1 aromatic heterocycles. The summed E-state index contributed by atoms with van der Waals surface area (Å²) in [4.78, 5) is 19.8. The number of nitrogens with zero attached hydrogens (tertiary/aromatic N) is 3. The molecule has 0 bridgehead atoms. The lowest BCUT2D eigenvalue weighted by Gasteiger charge is -2.23. The van der Waals surface area contributed by atoms with Crippen LogP contribution in [0.3, 0.4) is 0 Å². The minimum absolute atomic E-state index is 0.0351. The zero-order valence-corrected chi connectivity index (χ0v) is 12.6. The maximum atomic E-state index is 12.8. The Hall–Kier alpha value is -1.72. The molecule has 1 aliphatic heterocycles. The van der Waals surface area contributed by atoms with E-state index in [1.54, 1.807) is 11.7 Å². The van der Waals surface area contributed by atoms with Gasteiger partial charge in [-0.25, -0.2) is 4.98 Å². The molecule has 21 heavy (non-hydrogen) atoms. The van der Waals surface area contributed by atoms with Crippen molar-refractivity contribution < 1.29 is 4.74 Å². The summed E-state index contributed by atoms with van der Waals surface area (Å²) in [5.74, 6) is 0.871. The molecule has 0 saturated carbocycles. The minimum Gasteiger partial charge on any atom is -0.383 e. The van der Waals surface area contributed by atoms with E-state index in [-0.39, 0.29) is 11.6 Å². The first-order valence-electron chi connectivity index (χ1n) is 7.41. The zero-order chi connectivity index (χ0) is 14.8. The Morgan fingerprint density at radius 2 is 2.19 bits per heavy atom. The Morgan fingerprint density at radius 3 is 2.90 bits per heavy atom. The minimum atomic E-state index is 0.0351. The van der Waals surface area contributed by atoms with E-state index in [2.05, 4.69) is 11.9 Å². The number of aromatic nitrogens is 2. The number of para-hydroxylation sites is 1. The van der Waals surface area contributed by atoms with Gasteiger partial charge in [0.15, 0.2) is 0 Å². The predicted molar refractivity (Wildman–Crippen MR) is 82.5 cm³/mol. The molecular formula is C16H21N3O2. The molecule has 0 N–H and O–H groups in total. The molecule has 1 fully saturated rings. The predicted octanol–water partition coefficient (Wildman–Crippen LogP) is 1.81. The topological polar surface area (TPSA) is 47.4 Å². The van der Waals surface area contributed by atoms with Gasteiger partial charge in [0, 0.05) is 7.11 Å². The van der Waals surface area contributed by atoms with E-state index < -0.39 is 0 Å². The van der Waals surface area contributed by atoms with Crippen molar-refractivity contribution in [3.05, 3.63) is 40.4 Å². The van der Waals surface area contributed by atoms with Crippen LogP contribution in [0.4, 0.5) is 0 Å². The van der Waals surface area contributed by atoms with E-state index in [9.17, 15) is 4.79 Å². The highest BCUT2D eigenvalue weighted by atomic mass is 16.5. The lowest BCUT2D eigenvalue weighted by Crippen LogP contribution is -2.31. The molecule has 2 aromatic rings. The highest BCUT2D eigenvalue weighted by molar-refractivity contribution is 5.77. The van der Waals surface area contributed by atoms with Gasteiger partial charge < -0.3 is 4.74 Å². The summed E-state index contributed by atoms with van der Waals surface area (Å²) < 4.78 is 6.95. The number of rotatable bonds is 4. The highest BCUT2D eigenvalue weighted by Crippen LogP contribution is 2.29. The van der Waals surface area contributed by atoms with Gasteiger partial charge in [-0.1, -0.05) is 12.1 Å². The molecule has 1 aromatic carbocycles.